The number of fused-ring (bicyclic) bond motifs is 1. The first kappa shape index (κ1) is 21.4. The second-order valence-corrected chi connectivity index (χ2v) is 10.2. The number of imidazole rings is 1. The summed E-state index contributed by atoms with van der Waals surface area (Å²) in [5.74, 6) is -0.195. The topological polar surface area (TPSA) is 75.5 Å². The monoisotopic (exact) mass is 460 g/mol. The van der Waals surface area contributed by atoms with Crippen LogP contribution in [0.15, 0.2) is 84.3 Å². The lowest BCUT2D eigenvalue weighted by atomic mass is 10.1. The number of amides is 1. The predicted octanol–water partition coefficient (Wildman–Crippen LogP) is 3.37. The van der Waals surface area contributed by atoms with Crippen LogP contribution in [0.25, 0.3) is 16.5 Å². The van der Waals surface area contributed by atoms with Crippen LogP contribution in [0.2, 0.25) is 0 Å². The molecular weight excluding hydrogens is 436 g/mol. The predicted molar refractivity (Wildman–Crippen MR) is 126 cm³/mol. The SMILES string of the molecule is Cc1ccc2cc(S(=O)(=O)N3CCN(Cc4ccc(-n5ccnc5)cc4)C(=O)C3)ccc2c1. The highest BCUT2D eigenvalue weighted by atomic mass is 32.2. The summed E-state index contributed by atoms with van der Waals surface area (Å²) in [5.41, 5.74) is 3.11. The molecular formula is C25H24N4O3S. The van der Waals surface area contributed by atoms with E-state index in [-0.39, 0.29) is 23.9 Å². The van der Waals surface area contributed by atoms with Crippen molar-refractivity contribution in [3.8, 4) is 5.69 Å². The van der Waals surface area contributed by atoms with Gasteiger partial charge in [-0.15, -0.1) is 0 Å². The van der Waals surface area contributed by atoms with Gasteiger partial charge in [-0.05, 0) is 47.5 Å². The van der Waals surface area contributed by atoms with Gasteiger partial charge in [-0.2, -0.15) is 4.31 Å². The van der Waals surface area contributed by atoms with E-state index in [0.717, 1.165) is 27.6 Å². The first-order valence-electron chi connectivity index (χ1n) is 10.8. The molecule has 3 aromatic carbocycles. The van der Waals surface area contributed by atoms with Gasteiger partial charge in [-0.3, -0.25) is 4.79 Å². The van der Waals surface area contributed by atoms with E-state index in [0.29, 0.717) is 13.1 Å². The van der Waals surface area contributed by atoms with Gasteiger partial charge < -0.3 is 9.47 Å². The third-order valence-electron chi connectivity index (χ3n) is 6.00. The molecule has 0 N–H and O–H groups in total. The molecule has 5 rings (SSSR count). The molecule has 7 nitrogen and oxygen atoms in total. The third kappa shape index (κ3) is 4.27. The summed E-state index contributed by atoms with van der Waals surface area (Å²) in [6.07, 6.45) is 5.32. The lowest BCUT2D eigenvalue weighted by Crippen LogP contribution is -2.51. The quantitative estimate of drug-likeness (QED) is 0.458. The lowest BCUT2D eigenvalue weighted by molar-refractivity contribution is -0.134. The highest BCUT2D eigenvalue weighted by molar-refractivity contribution is 7.89. The maximum Gasteiger partial charge on any atom is 0.243 e. The molecule has 8 heteroatoms. The number of hydrogen-bond donors (Lipinski definition) is 0. The van der Waals surface area contributed by atoms with Crippen molar-refractivity contribution in [1.82, 2.24) is 18.8 Å². The zero-order valence-corrected chi connectivity index (χ0v) is 19.1. The van der Waals surface area contributed by atoms with Crippen LogP contribution in [-0.2, 0) is 21.4 Å². The minimum atomic E-state index is -3.75. The number of carbonyl (C=O) groups is 1. The van der Waals surface area contributed by atoms with Crippen molar-refractivity contribution in [3.05, 3.63) is 90.5 Å². The Labute approximate surface area is 192 Å². The Balaban J connectivity index is 1.28. The minimum absolute atomic E-state index is 0.151. The molecule has 2 heterocycles. The molecule has 1 saturated heterocycles. The fraction of sp³-hybridized carbons (Fsp3) is 0.200. The number of aryl methyl sites for hydroxylation is 1. The molecule has 0 radical (unpaired) electrons. The second-order valence-electron chi connectivity index (χ2n) is 8.30. The first-order valence-corrected chi connectivity index (χ1v) is 12.2. The Kier molecular flexibility index (Phi) is 5.47. The van der Waals surface area contributed by atoms with Gasteiger partial charge >= 0.3 is 0 Å². The number of hydrogen-bond acceptors (Lipinski definition) is 4. The molecule has 0 spiro atoms. The smallest absolute Gasteiger partial charge is 0.243 e. The second kappa shape index (κ2) is 8.46. The average molecular weight is 461 g/mol. The van der Waals surface area contributed by atoms with Crippen molar-refractivity contribution in [3.63, 3.8) is 0 Å². The Morgan fingerprint density at radius 1 is 0.939 bits per heavy atom. The fourth-order valence-electron chi connectivity index (χ4n) is 4.12. The Morgan fingerprint density at radius 3 is 2.42 bits per heavy atom. The van der Waals surface area contributed by atoms with Crippen LogP contribution >= 0.6 is 0 Å². The van der Waals surface area contributed by atoms with Crippen molar-refractivity contribution in [2.75, 3.05) is 19.6 Å². The number of piperazine rings is 1. The zero-order chi connectivity index (χ0) is 23.0. The van der Waals surface area contributed by atoms with Gasteiger partial charge in [-0.1, -0.05) is 42.0 Å². The normalized spacial score (nSPS) is 15.3. The Hall–Kier alpha value is -3.49. The highest BCUT2D eigenvalue weighted by Gasteiger charge is 2.32. The fourth-order valence-corrected chi connectivity index (χ4v) is 5.53. The van der Waals surface area contributed by atoms with Crippen LogP contribution in [-0.4, -0.2) is 52.7 Å². The van der Waals surface area contributed by atoms with E-state index in [2.05, 4.69) is 4.98 Å². The number of sulfonamides is 1. The number of benzene rings is 3. The Bertz CT molecular complexity index is 1410. The minimum Gasteiger partial charge on any atom is -0.336 e. The number of carbonyl (C=O) groups excluding carboxylic acids is 1. The van der Waals surface area contributed by atoms with Gasteiger partial charge in [0.1, 0.15) is 0 Å². The van der Waals surface area contributed by atoms with Gasteiger partial charge in [0.15, 0.2) is 0 Å². The molecule has 1 amide bonds. The number of nitrogens with zero attached hydrogens (tertiary/aromatic N) is 4. The molecule has 0 bridgehead atoms. The van der Waals surface area contributed by atoms with Crippen LogP contribution < -0.4 is 0 Å². The summed E-state index contributed by atoms with van der Waals surface area (Å²) in [7, 11) is -3.75. The molecule has 1 aliphatic rings. The molecule has 0 unspecified atom stereocenters. The molecule has 0 atom stereocenters. The van der Waals surface area contributed by atoms with Crippen LogP contribution in [0.5, 0.6) is 0 Å². The molecule has 33 heavy (non-hydrogen) atoms. The summed E-state index contributed by atoms with van der Waals surface area (Å²) in [4.78, 5) is 18.8. The summed E-state index contributed by atoms with van der Waals surface area (Å²) < 4.78 is 29.6. The van der Waals surface area contributed by atoms with Crippen molar-refractivity contribution < 1.29 is 13.2 Å². The largest absolute Gasteiger partial charge is 0.336 e. The lowest BCUT2D eigenvalue weighted by Gasteiger charge is -2.33. The maximum atomic E-state index is 13.2. The van der Waals surface area contributed by atoms with Crippen molar-refractivity contribution in [2.45, 2.75) is 18.4 Å². The number of rotatable bonds is 5. The van der Waals surface area contributed by atoms with Crippen LogP contribution in [0, 0.1) is 6.92 Å². The van der Waals surface area contributed by atoms with Crippen molar-refractivity contribution in [2.24, 2.45) is 0 Å². The Morgan fingerprint density at radius 2 is 1.70 bits per heavy atom. The van der Waals surface area contributed by atoms with E-state index < -0.39 is 10.0 Å². The highest BCUT2D eigenvalue weighted by Crippen LogP contribution is 2.24. The molecule has 1 fully saturated rings. The van der Waals surface area contributed by atoms with Crippen LogP contribution in [0.3, 0.4) is 0 Å². The van der Waals surface area contributed by atoms with Gasteiger partial charge in [0.2, 0.25) is 15.9 Å². The van der Waals surface area contributed by atoms with E-state index in [9.17, 15) is 13.2 Å². The van der Waals surface area contributed by atoms with E-state index in [1.165, 1.54) is 4.31 Å². The molecule has 1 aliphatic heterocycles. The number of aromatic nitrogens is 2. The van der Waals surface area contributed by atoms with Crippen molar-refractivity contribution in [1.29, 1.82) is 0 Å². The van der Waals surface area contributed by atoms with Gasteiger partial charge in [-0.25, -0.2) is 13.4 Å². The van der Waals surface area contributed by atoms with Crippen molar-refractivity contribution >= 4 is 26.7 Å². The summed E-state index contributed by atoms with van der Waals surface area (Å²) in [6, 6.07) is 18.9. The van der Waals surface area contributed by atoms with E-state index in [1.54, 1.807) is 29.6 Å². The van der Waals surface area contributed by atoms with E-state index in [4.69, 9.17) is 0 Å². The average Bonchev–Trinajstić information content (AvgIpc) is 3.35. The summed E-state index contributed by atoms with van der Waals surface area (Å²) in [5, 5.41) is 1.86. The van der Waals surface area contributed by atoms with Crippen LogP contribution in [0.1, 0.15) is 11.1 Å². The summed E-state index contributed by atoms with van der Waals surface area (Å²) >= 11 is 0. The van der Waals surface area contributed by atoms with E-state index in [1.807, 2.05) is 66.2 Å². The van der Waals surface area contributed by atoms with E-state index >= 15 is 0 Å². The van der Waals surface area contributed by atoms with Gasteiger partial charge in [0.05, 0.1) is 17.8 Å². The summed E-state index contributed by atoms with van der Waals surface area (Å²) in [6.45, 7) is 2.93. The standard InChI is InChI=1S/C25H24N4O3S/c1-19-2-5-22-15-24(9-6-21(22)14-19)33(31,32)29-13-12-27(25(30)17-29)16-20-3-7-23(8-4-20)28-11-10-26-18-28/h2-11,14-15,18H,12-13,16-17H2,1H3. The molecule has 0 saturated carbocycles. The third-order valence-corrected chi connectivity index (χ3v) is 7.84. The zero-order valence-electron chi connectivity index (χ0n) is 18.3. The molecule has 1 aromatic heterocycles. The van der Waals surface area contributed by atoms with Crippen LogP contribution in [0.4, 0.5) is 0 Å². The molecule has 168 valence electrons. The van der Waals surface area contributed by atoms with Gasteiger partial charge in [0, 0.05) is 37.7 Å². The molecule has 4 aromatic rings. The molecule has 0 aliphatic carbocycles. The maximum absolute atomic E-state index is 13.2. The van der Waals surface area contributed by atoms with Gasteiger partial charge in [0.25, 0.3) is 0 Å². The first-order chi connectivity index (χ1) is 15.9.